The zero-order valence-corrected chi connectivity index (χ0v) is 7.93. The Bertz CT molecular complexity index is 172. The van der Waals surface area contributed by atoms with Crippen LogP contribution < -0.4 is 11.1 Å². The van der Waals surface area contributed by atoms with E-state index in [2.05, 4.69) is 10.5 Å². The highest BCUT2D eigenvalue weighted by atomic mass is 32.2. The summed E-state index contributed by atoms with van der Waals surface area (Å²) in [6.07, 6.45) is 0. The molecule has 0 aromatic carbocycles. The van der Waals surface area contributed by atoms with E-state index in [4.69, 9.17) is 10.9 Å². The maximum Gasteiger partial charge on any atom is 0.153 e. The largest absolute Gasteiger partial charge is 0.409 e. The summed E-state index contributed by atoms with van der Waals surface area (Å²) in [5.41, 5.74) is 5.18. The van der Waals surface area contributed by atoms with Crippen molar-refractivity contribution in [2.45, 2.75) is 6.92 Å². The number of amidine groups is 1. The molecule has 0 aliphatic carbocycles. The van der Waals surface area contributed by atoms with Crippen LogP contribution in [-0.4, -0.2) is 39.8 Å². The van der Waals surface area contributed by atoms with Gasteiger partial charge in [0, 0.05) is 28.9 Å². The molecular formula is C6H15N3O2S. The van der Waals surface area contributed by atoms with Crippen molar-refractivity contribution in [1.29, 1.82) is 0 Å². The second-order valence-electron chi connectivity index (χ2n) is 2.20. The summed E-state index contributed by atoms with van der Waals surface area (Å²) in [7, 11) is -0.749. The van der Waals surface area contributed by atoms with Gasteiger partial charge in [-0.3, -0.25) is 4.21 Å². The van der Waals surface area contributed by atoms with Crippen molar-refractivity contribution in [2.75, 3.05) is 24.6 Å². The molecule has 72 valence electrons. The van der Waals surface area contributed by atoms with E-state index in [9.17, 15) is 4.21 Å². The van der Waals surface area contributed by atoms with Crippen LogP contribution >= 0.6 is 0 Å². The summed E-state index contributed by atoms with van der Waals surface area (Å²) in [5, 5.41) is 13.8. The first-order valence-corrected chi connectivity index (χ1v) is 5.21. The van der Waals surface area contributed by atoms with Crippen LogP contribution in [0.4, 0.5) is 0 Å². The SMILES string of the molecule is CCS(=O)CCNCC(N)=NO. The summed E-state index contributed by atoms with van der Waals surface area (Å²) in [4.78, 5) is 0. The van der Waals surface area contributed by atoms with Crippen LogP contribution in [-0.2, 0) is 10.8 Å². The number of nitrogens with zero attached hydrogens (tertiary/aromatic N) is 1. The Kier molecular flexibility index (Phi) is 6.69. The van der Waals surface area contributed by atoms with Gasteiger partial charge >= 0.3 is 0 Å². The third-order valence-corrected chi connectivity index (χ3v) is 2.57. The highest BCUT2D eigenvalue weighted by Gasteiger charge is 1.95. The first-order chi connectivity index (χ1) is 5.70. The zero-order valence-electron chi connectivity index (χ0n) is 7.12. The predicted molar refractivity (Wildman–Crippen MR) is 49.8 cm³/mol. The molecule has 0 heterocycles. The van der Waals surface area contributed by atoms with Crippen LogP contribution in [0.25, 0.3) is 0 Å². The molecule has 0 aliphatic heterocycles. The molecule has 5 nitrogen and oxygen atoms in total. The minimum absolute atomic E-state index is 0.136. The van der Waals surface area contributed by atoms with Gasteiger partial charge in [0.05, 0.1) is 6.54 Å². The van der Waals surface area contributed by atoms with E-state index in [0.29, 0.717) is 24.6 Å². The average Bonchev–Trinajstić information content (AvgIpc) is 2.11. The Morgan fingerprint density at radius 2 is 2.42 bits per heavy atom. The van der Waals surface area contributed by atoms with Gasteiger partial charge in [0.2, 0.25) is 0 Å². The van der Waals surface area contributed by atoms with E-state index < -0.39 is 10.8 Å². The first kappa shape index (κ1) is 11.4. The summed E-state index contributed by atoms with van der Waals surface area (Å²) >= 11 is 0. The lowest BCUT2D eigenvalue weighted by Gasteiger charge is -2.01. The van der Waals surface area contributed by atoms with E-state index in [0.717, 1.165) is 0 Å². The van der Waals surface area contributed by atoms with Crippen LogP contribution in [0, 0.1) is 0 Å². The first-order valence-electron chi connectivity index (χ1n) is 3.72. The van der Waals surface area contributed by atoms with Gasteiger partial charge in [-0.25, -0.2) is 0 Å². The Balaban J connectivity index is 3.27. The lowest BCUT2D eigenvalue weighted by atomic mass is 10.6. The molecular weight excluding hydrogens is 178 g/mol. The number of nitrogens with one attached hydrogen (secondary N) is 1. The molecule has 1 atom stereocenters. The number of rotatable bonds is 6. The smallest absolute Gasteiger partial charge is 0.153 e. The Hall–Kier alpha value is -0.620. The van der Waals surface area contributed by atoms with Crippen LogP contribution in [0.5, 0.6) is 0 Å². The molecule has 4 N–H and O–H groups in total. The quantitative estimate of drug-likeness (QED) is 0.167. The number of oxime groups is 1. The van der Waals surface area contributed by atoms with Crippen molar-refractivity contribution >= 4 is 16.6 Å². The maximum atomic E-state index is 10.9. The molecule has 0 aromatic rings. The van der Waals surface area contributed by atoms with Gasteiger partial charge in [0.15, 0.2) is 5.84 Å². The van der Waals surface area contributed by atoms with Gasteiger partial charge in [-0.15, -0.1) is 0 Å². The average molecular weight is 193 g/mol. The monoisotopic (exact) mass is 193 g/mol. The van der Waals surface area contributed by atoms with E-state index in [-0.39, 0.29) is 5.84 Å². The molecule has 12 heavy (non-hydrogen) atoms. The lowest BCUT2D eigenvalue weighted by Crippen LogP contribution is -2.31. The normalized spacial score (nSPS) is 14.6. The summed E-state index contributed by atoms with van der Waals surface area (Å²) in [6.45, 7) is 2.83. The summed E-state index contributed by atoms with van der Waals surface area (Å²) in [5.74, 6) is 1.41. The van der Waals surface area contributed by atoms with Crippen molar-refractivity contribution < 1.29 is 9.42 Å². The van der Waals surface area contributed by atoms with Crippen molar-refractivity contribution in [3.63, 3.8) is 0 Å². The number of hydrogen-bond acceptors (Lipinski definition) is 4. The topological polar surface area (TPSA) is 87.7 Å². The molecule has 6 heteroatoms. The van der Waals surface area contributed by atoms with Gasteiger partial charge in [-0.2, -0.15) is 0 Å². The minimum Gasteiger partial charge on any atom is -0.409 e. The van der Waals surface area contributed by atoms with Crippen molar-refractivity contribution in [3.8, 4) is 0 Å². The van der Waals surface area contributed by atoms with Crippen LogP contribution in [0.15, 0.2) is 5.16 Å². The highest BCUT2D eigenvalue weighted by Crippen LogP contribution is 1.78. The minimum atomic E-state index is -0.749. The van der Waals surface area contributed by atoms with Crippen molar-refractivity contribution in [2.24, 2.45) is 10.9 Å². The molecule has 0 spiro atoms. The van der Waals surface area contributed by atoms with E-state index in [1.165, 1.54) is 0 Å². The lowest BCUT2D eigenvalue weighted by molar-refractivity contribution is 0.317. The standard InChI is InChI=1S/C6H15N3O2S/c1-2-12(11)4-3-8-5-6(7)9-10/h8,10H,2-5H2,1H3,(H2,7,9). The molecule has 0 radical (unpaired) electrons. The van der Waals surface area contributed by atoms with E-state index in [1.54, 1.807) is 0 Å². The van der Waals surface area contributed by atoms with Gasteiger partial charge in [-0.1, -0.05) is 12.1 Å². The molecule has 0 saturated carbocycles. The molecule has 0 aliphatic rings. The summed E-state index contributed by atoms with van der Waals surface area (Å²) in [6, 6.07) is 0. The number of nitrogens with two attached hydrogens (primary N) is 1. The van der Waals surface area contributed by atoms with Gasteiger partial charge in [-0.05, 0) is 0 Å². The molecule has 0 aromatic heterocycles. The summed E-state index contributed by atoms with van der Waals surface area (Å²) < 4.78 is 10.9. The van der Waals surface area contributed by atoms with Crippen LogP contribution in [0.2, 0.25) is 0 Å². The van der Waals surface area contributed by atoms with Gasteiger partial charge in [0.25, 0.3) is 0 Å². The molecule has 0 saturated heterocycles. The maximum absolute atomic E-state index is 10.9. The Morgan fingerprint density at radius 3 is 2.92 bits per heavy atom. The molecule has 0 fully saturated rings. The number of hydrogen-bond donors (Lipinski definition) is 3. The molecule has 0 bridgehead atoms. The van der Waals surface area contributed by atoms with Crippen LogP contribution in [0.1, 0.15) is 6.92 Å². The Labute approximate surface area is 74.5 Å². The van der Waals surface area contributed by atoms with Crippen molar-refractivity contribution in [1.82, 2.24) is 5.32 Å². The van der Waals surface area contributed by atoms with Crippen LogP contribution in [0.3, 0.4) is 0 Å². The zero-order chi connectivity index (χ0) is 9.40. The van der Waals surface area contributed by atoms with E-state index >= 15 is 0 Å². The Morgan fingerprint density at radius 1 is 1.75 bits per heavy atom. The fraction of sp³-hybridized carbons (Fsp3) is 0.833. The predicted octanol–water partition coefficient (Wildman–Crippen LogP) is -0.909. The third-order valence-electron chi connectivity index (χ3n) is 1.26. The molecule has 0 rings (SSSR count). The fourth-order valence-electron chi connectivity index (χ4n) is 0.582. The fourth-order valence-corrected chi connectivity index (χ4v) is 1.24. The van der Waals surface area contributed by atoms with E-state index in [1.807, 2.05) is 6.92 Å². The third kappa shape index (κ3) is 6.11. The van der Waals surface area contributed by atoms with Gasteiger partial charge in [0.1, 0.15) is 0 Å². The van der Waals surface area contributed by atoms with Crippen molar-refractivity contribution in [3.05, 3.63) is 0 Å². The molecule has 1 unspecified atom stereocenters. The highest BCUT2D eigenvalue weighted by molar-refractivity contribution is 7.84. The second-order valence-corrected chi connectivity index (χ2v) is 4.07. The van der Waals surface area contributed by atoms with Gasteiger partial charge < -0.3 is 16.3 Å². The second kappa shape index (κ2) is 7.05. The molecule has 0 amide bonds.